The number of nitrogens with one attached hydrogen (secondary N) is 1. The molecule has 4 heterocycles. The fraction of sp³-hybridized carbons (Fsp3) is 0.529. The number of hydrogen-bond donors (Lipinski definition) is 1. The van der Waals surface area contributed by atoms with Crippen molar-refractivity contribution >= 4 is 16.9 Å². The molecule has 2 aliphatic rings. The summed E-state index contributed by atoms with van der Waals surface area (Å²) in [6.07, 6.45) is 6.17. The number of fused-ring (bicyclic) bond motifs is 3. The van der Waals surface area contributed by atoms with Crippen LogP contribution in [0.1, 0.15) is 24.1 Å². The number of carbonyl (C=O) groups excluding carboxylic acids is 1. The number of hydrogen-bond acceptors (Lipinski definition) is 4. The van der Waals surface area contributed by atoms with Gasteiger partial charge < -0.3 is 14.6 Å². The van der Waals surface area contributed by atoms with Gasteiger partial charge in [-0.25, -0.2) is 0 Å². The van der Waals surface area contributed by atoms with E-state index in [1.54, 1.807) is 12.5 Å². The van der Waals surface area contributed by atoms with Gasteiger partial charge in [0.2, 0.25) is 5.91 Å². The van der Waals surface area contributed by atoms with Crippen LogP contribution in [-0.4, -0.2) is 41.5 Å². The molecule has 22 heavy (non-hydrogen) atoms. The summed E-state index contributed by atoms with van der Waals surface area (Å²) in [5, 5.41) is 4.22. The number of piperidine rings is 1. The molecule has 0 spiro atoms. The van der Waals surface area contributed by atoms with Crippen molar-refractivity contribution in [2.45, 2.75) is 32.2 Å². The number of carbonyl (C=O) groups is 1. The number of pyridine rings is 1. The van der Waals surface area contributed by atoms with E-state index in [9.17, 15) is 4.79 Å². The second-order valence-corrected chi connectivity index (χ2v) is 6.68. The molecule has 0 radical (unpaired) electrons. The lowest BCUT2D eigenvalue weighted by atomic mass is 9.97. The van der Waals surface area contributed by atoms with Gasteiger partial charge in [-0.05, 0) is 43.9 Å². The van der Waals surface area contributed by atoms with E-state index in [0.717, 1.165) is 41.1 Å². The lowest BCUT2D eigenvalue weighted by Crippen LogP contribution is -2.47. The number of aryl methyl sites for hydroxylation is 1. The van der Waals surface area contributed by atoms with Crippen LogP contribution in [-0.2, 0) is 11.2 Å². The van der Waals surface area contributed by atoms with Crippen LogP contribution in [0.25, 0.3) is 11.0 Å². The van der Waals surface area contributed by atoms with Crippen molar-refractivity contribution in [1.29, 1.82) is 0 Å². The van der Waals surface area contributed by atoms with Gasteiger partial charge in [0.1, 0.15) is 0 Å². The molecule has 2 bridgehead atoms. The van der Waals surface area contributed by atoms with E-state index in [-0.39, 0.29) is 5.91 Å². The third-order valence-corrected chi connectivity index (χ3v) is 4.88. The van der Waals surface area contributed by atoms with Crippen LogP contribution < -0.4 is 5.32 Å². The predicted molar refractivity (Wildman–Crippen MR) is 83.5 cm³/mol. The summed E-state index contributed by atoms with van der Waals surface area (Å²) in [5.41, 5.74) is 2.66. The van der Waals surface area contributed by atoms with E-state index in [1.807, 2.05) is 13.0 Å². The number of nitrogens with zero attached hydrogens (tertiary/aromatic N) is 2. The van der Waals surface area contributed by atoms with Gasteiger partial charge in [-0.15, -0.1) is 0 Å². The monoisotopic (exact) mass is 299 g/mol. The first-order valence-corrected chi connectivity index (χ1v) is 8.02. The first-order valence-electron chi connectivity index (χ1n) is 8.02. The largest absolute Gasteiger partial charge is 0.462 e. The van der Waals surface area contributed by atoms with Crippen molar-refractivity contribution in [2.24, 2.45) is 5.92 Å². The van der Waals surface area contributed by atoms with Crippen molar-refractivity contribution in [2.75, 3.05) is 19.6 Å². The molecule has 5 nitrogen and oxygen atoms in total. The fourth-order valence-electron chi connectivity index (χ4n) is 3.81. The topological polar surface area (TPSA) is 58.4 Å². The maximum atomic E-state index is 12.3. The Morgan fingerprint density at radius 3 is 3.27 bits per heavy atom. The zero-order valence-electron chi connectivity index (χ0n) is 12.8. The molecular weight excluding hydrogens is 278 g/mol. The standard InChI is InChI=1S/C17H21N3O2/c1-11-10-22-16-7-18-13(5-15(11)16)6-17(21)19-14-4-12-2-3-20(8-12)9-14/h5,7,10,12,14H,2-4,6,8-9H2,1H3,(H,19,21)/t12-,14-/m1/s1. The SMILES string of the molecule is Cc1coc2cnc(CC(=O)N[C@@H]3C[C@H]4CCN(C4)C3)cc12. The second kappa shape index (κ2) is 5.39. The van der Waals surface area contributed by atoms with E-state index in [2.05, 4.69) is 15.2 Å². The first-order chi connectivity index (χ1) is 10.7. The molecule has 3 atom stereocenters. The Morgan fingerprint density at radius 2 is 2.41 bits per heavy atom. The van der Waals surface area contributed by atoms with Crippen LogP contribution in [0.2, 0.25) is 0 Å². The van der Waals surface area contributed by atoms with E-state index < -0.39 is 0 Å². The molecule has 0 saturated carbocycles. The van der Waals surface area contributed by atoms with Gasteiger partial charge in [0, 0.05) is 24.5 Å². The Balaban J connectivity index is 1.41. The third kappa shape index (κ3) is 2.61. The van der Waals surface area contributed by atoms with Gasteiger partial charge in [0.15, 0.2) is 5.58 Å². The van der Waals surface area contributed by atoms with E-state index in [4.69, 9.17) is 4.42 Å². The Morgan fingerprint density at radius 1 is 1.50 bits per heavy atom. The lowest BCUT2D eigenvalue weighted by molar-refractivity contribution is -0.121. The number of rotatable bonds is 3. The lowest BCUT2D eigenvalue weighted by Gasteiger charge is -2.30. The van der Waals surface area contributed by atoms with Crippen LogP contribution in [0, 0.1) is 12.8 Å². The smallest absolute Gasteiger partial charge is 0.226 e. The van der Waals surface area contributed by atoms with Crippen molar-refractivity contribution < 1.29 is 9.21 Å². The minimum absolute atomic E-state index is 0.0699. The van der Waals surface area contributed by atoms with E-state index in [0.29, 0.717) is 12.5 Å². The summed E-state index contributed by atoms with van der Waals surface area (Å²) in [4.78, 5) is 19.1. The molecule has 2 aliphatic heterocycles. The van der Waals surface area contributed by atoms with Gasteiger partial charge >= 0.3 is 0 Å². The van der Waals surface area contributed by atoms with Crippen LogP contribution in [0.5, 0.6) is 0 Å². The maximum Gasteiger partial charge on any atom is 0.226 e. The molecule has 2 fully saturated rings. The minimum atomic E-state index is 0.0699. The van der Waals surface area contributed by atoms with Crippen LogP contribution in [0.4, 0.5) is 0 Å². The molecule has 1 unspecified atom stereocenters. The molecule has 2 aromatic heterocycles. The quantitative estimate of drug-likeness (QED) is 0.940. The minimum Gasteiger partial charge on any atom is -0.462 e. The summed E-state index contributed by atoms with van der Waals surface area (Å²) in [6.45, 7) is 5.40. The summed E-state index contributed by atoms with van der Waals surface area (Å²) in [6, 6.07) is 2.26. The second-order valence-electron chi connectivity index (χ2n) is 6.68. The molecule has 0 aliphatic carbocycles. The highest BCUT2D eigenvalue weighted by molar-refractivity contribution is 5.83. The van der Waals surface area contributed by atoms with Gasteiger partial charge in [-0.1, -0.05) is 0 Å². The zero-order chi connectivity index (χ0) is 15.1. The third-order valence-electron chi connectivity index (χ3n) is 4.88. The van der Waals surface area contributed by atoms with Crippen molar-refractivity contribution in [3.63, 3.8) is 0 Å². The molecular formula is C17H21N3O2. The van der Waals surface area contributed by atoms with Crippen LogP contribution in [0.15, 0.2) is 22.9 Å². The van der Waals surface area contributed by atoms with Crippen molar-refractivity contribution in [3.05, 3.63) is 29.8 Å². The summed E-state index contributed by atoms with van der Waals surface area (Å²) in [5.74, 6) is 0.836. The molecule has 4 rings (SSSR count). The van der Waals surface area contributed by atoms with Crippen LogP contribution >= 0.6 is 0 Å². The normalized spacial score (nSPS) is 27.2. The highest BCUT2D eigenvalue weighted by Gasteiger charge is 2.32. The number of aromatic nitrogens is 1. The average Bonchev–Trinajstić information content (AvgIpc) is 3.02. The van der Waals surface area contributed by atoms with Crippen LogP contribution in [0.3, 0.4) is 0 Å². The summed E-state index contributed by atoms with van der Waals surface area (Å²) >= 11 is 0. The molecule has 1 amide bonds. The van der Waals surface area contributed by atoms with E-state index in [1.165, 1.54) is 19.5 Å². The van der Waals surface area contributed by atoms with E-state index >= 15 is 0 Å². The molecule has 2 aromatic rings. The fourth-order valence-corrected chi connectivity index (χ4v) is 3.81. The summed E-state index contributed by atoms with van der Waals surface area (Å²) < 4.78 is 5.39. The summed E-state index contributed by atoms with van der Waals surface area (Å²) in [7, 11) is 0. The van der Waals surface area contributed by atoms with Gasteiger partial charge in [-0.2, -0.15) is 0 Å². The zero-order valence-corrected chi connectivity index (χ0v) is 12.8. The maximum absolute atomic E-state index is 12.3. The first kappa shape index (κ1) is 13.8. The molecule has 2 saturated heterocycles. The van der Waals surface area contributed by atoms with Crippen molar-refractivity contribution in [3.8, 4) is 0 Å². The molecule has 5 heteroatoms. The van der Waals surface area contributed by atoms with Crippen molar-refractivity contribution in [1.82, 2.24) is 15.2 Å². The Bertz CT molecular complexity index is 697. The van der Waals surface area contributed by atoms with Gasteiger partial charge in [0.25, 0.3) is 0 Å². The Kier molecular flexibility index (Phi) is 3.37. The molecule has 0 aromatic carbocycles. The molecule has 1 N–H and O–H groups in total. The van der Waals surface area contributed by atoms with Gasteiger partial charge in [0.05, 0.1) is 24.6 Å². The Labute approximate surface area is 129 Å². The average molecular weight is 299 g/mol. The Hall–Kier alpha value is -1.88. The number of furan rings is 1. The highest BCUT2D eigenvalue weighted by atomic mass is 16.3. The molecule has 116 valence electrons. The number of amides is 1. The predicted octanol–water partition coefficient (Wildman–Crippen LogP) is 1.89. The highest BCUT2D eigenvalue weighted by Crippen LogP contribution is 2.26. The van der Waals surface area contributed by atoms with Gasteiger partial charge in [-0.3, -0.25) is 9.78 Å².